The van der Waals surface area contributed by atoms with Crippen LogP contribution in [0.15, 0.2) is 0 Å². The summed E-state index contributed by atoms with van der Waals surface area (Å²) in [7, 11) is 0. The van der Waals surface area contributed by atoms with Gasteiger partial charge in [0.1, 0.15) is 0 Å². The van der Waals surface area contributed by atoms with Crippen LogP contribution in [-0.4, -0.2) is 46.6 Å². The average molecular weight is 323 g/mol. The number of carbonyl (C=O) groups excluding carboxylic acids is 1. The number of nitrogens with one attached hydrogen (secondary N) is 1. The van der Waals surface area contributed by atoms with Crippen LogP contribution in [0.2, 0.25) is 0 Å². The highest BCUT2D eigenvalue weighted by molar-refractivity contribution is 7.15. The topological polar surface area (TPSA) is 65.5 Å². The van der Waals surface area contributed by atoms with Gasteiger partial charge in [-0.3, -0.25) is 9.69 Å². The summed E-state index contributed by atoms with van der Waals surface area (Å²) < 4.78 is 0. The van der Waals surface area contributed by atoms with Crippen LogP contribution < -0.4 is 5.32 Å². The lowest BCUT2D eigenvalue weighted by atomic mass is 10.0. The third-order valence-corrected chi connectivity index (χ3v) is 5.71. The van der Waals surface area contributed by atoms with Crippen molar-refractivity contribution in [2.24, 2.45) is 0 Å². The molecule has 5 nitrogen and oxygen atoms in total. The van der Waals surface area contributed by atoms with E-state index >= 15 is 0 Å². The zero-order valence-corrected chi connectivity index (χ0v) is 13.8. The van der Waals surface area contributed by atoms with Crippen molar-refractivity contribution in [3.05, 3.63) is 10.6 Å². The molecule has 1 aliphatic heterocycles. The molecule has 122 valence electrons. The van der Waals surface area contributed by atoms with Gasteiger partial charge < -0.3 is 10.4 Å². The molecule has 1 aromatic rings. The van der Waals surface area contributed by atoms with Crippen molar-refractivity contribution >= 4 is 22.4 Å². The second-order valence-corrected chi connectivity index (χ2v) is 7.36. The maximum absolute atomic E-state index is 12.3. The first-order chi connectivity index (χ1) is 10.8. The molecule has 2 N–H and O–H groups in total. The normalized spacial score (nSPS) is 21.8. The van der Waals surface area contributed by atoms with Gasteiger partial charge in [-0.1, -0.05) is 0 Å². The molecule has 6 heteroatoms. The van der Waals surface area contributed by atoms with Crippen molar-refractivity contribution in [3.63, 3.8) is 0 Å². The molecule has 1 fully saturated rings. The number of hydrogen-bond donors (Lipinski definition) is 2. The van der Waals surface area contributed by atoms with Crippen LogP contribution in [0.1, 0.15) is 49.1 Å². The minimum Gasteiger partial charge on any atom is -0.396 e. The second-order valence-electron chi connectivity index (χ2n) is 6.28. The number of amides is 1. The molecule has 0 bridgehead atoms. The van der Waals surface area contributed by atoms with E-state index in [0.29, 0.717) is 12.6 Å². The Morgan fingerprint density at radius 2 is 2.23 bits per heavy atom. The quantitative estimate of drug-likeness (QED) is 0.842. The van der Waals surface area contributed by atoms with Gasteiger partial charge in [-0.05, 0) is 57.9 Å². The lowest BCUT2D eigenvalue weighted by Crippen LogP contribution is -2.36. The van der Waals surface area contributed by atoms with E-state index in [4.69, 9.17) is 5.11 Å². The van der Waals surface area contributed by atoms with E-state index in [-0.39, 0.29) is 12.5 Å². The Labute approximate surface area is 135 Å². The first-order valence-corrected chi connectivity index (χ1v) is 9.21. The fraction of sp³-hybridized carbons (Fsp3) is 0.750. The van der Waals surface area contributed by atoms with Crippen molar-refractivity contribution in [1.82, 2.24) is 9.88 Å². The van der Waals surface area contributed by atoms with E-state index < -0.39 is 0 Å². The summed E-state index contributed by atoms with van der Waals surface area (Å²) in [5.74, 6) is 0.0435. The van der Waals surface area contributed by atoms with Crippen LogP contribution in [0.4, 0.5) is 5.13 Å². The molecule has 0 spiro atoms. The average Bonchev–Trinajstić information content (AvgIpc) is 3.10. The third-order valence-electron chi connectivity index (χ3n) is 4.63. The number of anilines is 1. The van der Waals surface area contributed by atoms with Gasteiger partial charge in [0.2, 0.25) is 5.91 Å². The second kappa shape index (κ2) is 7.53. The molecule has 1 unspecified atom stereocenters. The Morgan fingerprint density at radius 3 is 3.05 bits per heavy atom. The highest BCUT2D eigenvalue weighted by Crippen LogP contribution is 2.29. The molecule has 1 amide bonds. The molecule has 22 heavy (non-hydrogen) atoms. The monoisotopic (exact) mass is 323 g/mol. The number of aromatic nitrogens is 1. The first kappa shape index (κ1) is 15.9. The third kappa shape index (κ3) is 3.86. The summed E-state index contributed by atoms with van der Waals surface area (Å²) in [6, 6.07) is 0.447. The number of carbonyl (C=O) groups is 1. The Morgan fingerprint density at radius 1 is 1.36 bits per heavy atom. The van der Waals surface area contributed by atoms with Crippen LogP contribution >= 0.6 is 11.3 Å². The number of nitrogens with zero attached hydrogens (tertiary/aromatic N) is 2. The van der Waals surface area contributed by atoms with Crippen molar-refractivity contribution < 1.29 is 9.90 Å². The minimum absolute atomic E-state index is 0.0435. The van der Waals surface area contributed by atoms with Gasteiger partial charge in [-0.15, -0.1) is 11.3 Å². The smallest absolute Gasteiger partial charge is 0.240 e. The van der Waals surface area contributed by atoms with Crippen molar-refractivity contribution in [3.8, 4) is 0 Å². The van der Waals surface area contributed by atoms with Gasteiger partial charge in [-0.25, -0.2) is 4.98 Å². The molecule has 1 aromatic heterocycles. The minimum atomic E-state index is 0.0435. The first-order valence-electron chi connectivity index (χ1n) is 8.39. The summed E-state index contributed by atoms with van der Waals surface area (Å²) in [5.41, 5.74) is 1.19. The Bertz CT molecular complexity index is 494. The standard InChI is InChI=1S/C16H25N3O2S/c20-10-4-6-12-5-3-9-19(12)11-15(21)18-16-17-13-7-1-2-8-14(13)22-16/h12,20H,1-11H2,(H,17,18,21). The van der Waals surface area contributed by atoms with Gasteiger partial charge in [0.05, 0.1) is 12.2 Å². The van der Waals surface area contributed by atoms with Crippen LogP contribution in [0.25, 0.3) is 0 Å². The van der Waals surface area contributed by atoms with Crippen LogP contribution in [0.5, 0.6) is 0 Å². The molecule has 2 heterocycles. The van der Waals surface area contributed by atoms with Crippen molar-refractivity contribution in [2.45, 2.75) is 57.4 Å². The van der Waals surface area contributed by atoms with Crippen LogP contribution in [0.3, 0.4) is 0 Å². The molecule has 2 aliphatic rings. The van der Waals surface area contributed by atoms with Gasteiger partial charge in [-0.2, -0.15) is 0 Å². The van der Waals surface area contributed by atoms with E-state index in [1.54, 1.807) is 11.3 Å². The summed E-state index contributed by atoms with van der Waals surface area (Å²) in [6.45, 7) is 1.67. The summed E-state index contributed by atoms with van der Waals surface area (Å²) in [4.78, 5) is 20.4. The van der Waals surface area contributed by atoms with Gasteiger partial charge in [0.25, 0.3) is 0 Å². The van der Waals surface area contributed by atoms with E-state index in [1.165, 1.54) is 23.4 Å². The fourth-order valence-corrected chi connectivity index (χ4v) is 4.57. The predicted octanol–water partition coefficient (Wildman–Crippen LogP) is 2.20. The van der Waals surface area contributed by atoms with E-state index in [0.717, 1.165) is 50.2 Å². The molecule has 3 rings (SSSR count). The highest BCUT2D eigenvalue weighted by atomic mass is 32.1. The maximum Gasteiger partial charge on any atom is 0.240 e. The SMILES string of the molecule is O=C(CN1CCCC1CCCO)Nc1nc2c(s1)CCCC2. The van der Waals surface area contributed by atoms with Crippen molar-refractivity contribution in [2.75, 3.05) is 25.0 Å². The largest absolute Gasteiger partial charge is 0.396 e. The Hall–Kier alpha value is -0.980. The van der Waals surface area contributed by atoms with Crippen molar-refractivity contribution in [1.29, 1.82) is 0 Å². The van der Waals surface area contributed by atoms with Gasteiger partial charge in [0.15, 0.2) is 5.13 Å². The lowest BCUT2D eigenvalue weighted by Gasteiger charge is -2.23. The van der Waals surface area contributed by atoms with Crippen LogP contribution in [-0.2, 0) is 17.6 Å². The number of fused-ring (bicyclic) bond motifs is 1. The number of hydrogen-bond acceptors (Lipinski definition) is 5. The molecule has 0 radical (unpaired) electrons. The summed E-state index contributed by atoms with van der Waals surface area (Å²) >= 11 is 1.64. The number of aliphatic hydroxyl groups excluding tert-OH is 1. The molecule has 1 aliphatic carbocycles. The number of rotatable bonds is 6. The number of aliphatic hydroxyl groups is 1. The zero-order chi connectivity index (χ0) is 15.4. The van der Waals surface area contributed by atoms with E-state index in [2.05, 4.69) is 15.2 Å². The van der Waals surface area contributed by atoms with Gasteiger partial charge in [0, 0.05) is 17.5 Å². The molecule has 0 saturated carbocycles. The maximum atomic E-state index is 12.3. The molecule has 0 aromatic carbocycles. The molecule has 1 atom stereocenters. The molecular formula is C16H25N3O2S. The fourth-order valence-electron chi connectivity index (χ4n) is 3.51. The molecule has 1 saturated heterocycles. The van der Waals surface area contributed by atoms with E-state index in [9.17, 15) is 4.79 Å². The van der Waals surface area contributed by atoms with Gasteiger partial charge >= 0.3 is 0 Å². The number of thiazole rings is 1. The Kier molecular flexibility index (Phi) is 5.44. The number of likely N-dealkylation sites (tertiary alicyclic amines) is 1. The summed E-state index contributed by atoms with van der Waals surface area (Å²) in [6.07, 6.45) is 8.70. The summed E-state index contributed by atoms with van der Waals surface area (Å²) in [5, 5.41) is 12.7. The zero-order valence-electron chi connectivity index (χ0n) is 13.0. The Balaban J connectivity index is 1.52. The van der Waals surface area contributed by atoms with Crippen LogP contribution in [0, 0.1) is 0 Å². The highest BCUT2D eigenvalue weighted by Gasteiger charge is 2.26. The predicted molar refractivity (Wildman–Crippen MR) is 88.3 cm³/mol. The van der Waals surface area contributed by atoms with E-state index in [1.807, 2.05) is 0 Å². The lowest BCUT2D eigenvalue weighted by molar-refractivity contribution is -0.117. The molecular weight excluding hydrogens is 298 g/mol. The number of aryl methyl sites for hydroxylation is 2.